The van der Waals surface area contributed by atoms with Crippen LogP contribution in [0.4, 0.5) is 0 Å². The minimum absolute atomic E-state index is 0.186. The number of hydrogen-bond acceptors (Lipinski definition) is 1. The molecule has 1 heteroatoms. The standard InChI is InChI=1S/C15H21N/c1-2-3-14(10-16)15-7-11-4-12(8-15)6-13(5-11)9-15/h2-3,11-14H,4-9H2,1H3/b3-2+. The third-order valence-corrected chi connectivity index (χ3v) is 5.27. The van der Waals surface area contributed by atoms with Gasteiger partial charge < -0.3 is 0 Å². The van der Waals surface area contributed by atoms with Crippen LogP contribution >= 0.6 is 0 Å². The van der Waals surface area contributed by atoms with Crippen LogP contribution in [0.25, 0.3) is 0 Å². The average molecular weight is 215 g/mol. The number of nitriles is 1. The van der Waals surface area contributed by atoms with Crippen LogP contribution in [0.3, 0.4) is 0 Å². The maximum absolute atomic E-state index is 9.42. The summed E-state index contributed by atoms with van der Waals surface area (Å²) in [5, 5.41) is 9.42. The Labute approximate surface area is 98.5 Å². The van der Waals surface area contributed by atoms with Crippen molar-refractivity contribution >= 4 is 0 Å². The Morgan fingerprint density at radius 2 is 1.62 bits per heavy atom. The predicted molar refractivity (Wildman–Crippen MR) is 64.5 cm³/mol. The van der Waals surface area contributed by atoms with Crippen LogP contribution in [0.15, 0.2) is 12.2 Å². The maximum Gasteiger partial charge on any atom is 0.0703 e. The number of hydrogen-bond donors (Lipinski definition) is 0. The van der Waals surface area contributed by atoms with Gasteiger partial charge in [0.15, 0.2) is 0 Å². The Morgan fingerprint density at radius 1 is 1.12 bits per heavy atom. The van der Waals surface area contributed by atoms with Crippen molar-refractivity contribution in [1.29, 1.82) is 5.26 Å². The van der Waals surface area contributed by atoms with Crippen LogP contribution in [0.2, 0.25) is 0 Å². The summed E-state index contributed by atoms with van der Waals surface area (Å²) in [6.45, 7) is 2.05. The zero-order valence-corrected chi connectivity index (χ0v) is 10.2. The van der Waals surface area contributed by atoms with Gasteiger partial charge >= 0.3 is 0 Å². The van der Waals surface area contributed by atoms with E-state index in [1.54, 1.807) is 0 Å². The molecule has 4 aliphatic rings. The van der Waals surface area contributed by atoms with Crippen molar-refractivity contribution in [3.63, 3.8) is 0 Å². The van der Waals surface area contributed by atoms with E-state index < -0.39 is 0 Å². The molecular weight excluding hydrogens is 194 g/mol. The summed E-state index contributed by atoms with van der Waals surface area (Å²) in [4.78, 5) is 0. The molecule has 0 aromatic heterocycles. The molecule has 0 heterocycles. The van der Waals surface area contributed by atoms with E-state index in [0.717, 1.165) is 17.8 Å². The van der Waals surface area contributed by atoms with Crippen LogP contribution in [0, 0.1) is 40.4 Å². The largest absolute Gasteiger partial charge is 0.198 e. The molecule has 0 aromatic rings. The molecule has 4 aliphatic carbocycles. The molecule has 4 rings (SSSR count). The molecule has 1 nitrogen and oxygen atoms in total. The molecule has 0 aromatic carbocycles. The quantitative estimate of drug-likeness (QED) is 0.640. The van der Waals surface area contributed by atoms with Crippen LogP contribution < -0.4 is 0 Å². The van der Waals surface area contributed by atoms with Gasteiger partial charge in [0.25, 0.3) is 0 Å². The van der Waals surface area contributed by atoms with Crippen LogP contribution in [-0.4, -0.2) is 0 Å². The first-order valence-corrected chi connectivity index (χ1v) is 6.78. The van der Waals surface area contributed by atoms with Crippen molar-refractivity contribution in [2.24, 2.45) is 29.1 Å². The molecule has 0 saturated heterocycles. The first kappa shape index (κ1) is 10.4. The lowest BCUT2D eigenvalue weighted by Crippen LogP contribution is -2.48. The molecule has 4 bridgehead atoms. The normalized spacial score (nSPS) is 47.1. The maximum atomic E-state index is 9.42. The lowest BCUT2D eigenvalue weighted by Gasteiger charge is -2.58. The molecule has 86 valence electrons. The highest BCUT2D eigenvalue weighted by Crippen LogP contribution is 2.62. The second kappa shape index (κ2) is 3.62. The van der Waals surface area contributed by atoms with Crippen LogP contribution in [0.1, 0.15) is 45.4 Å². The summed E-state index contributed by atoms with van der Waals surface area (Å²) in [5.41, 5.74) is 0.371. The van der Waals surface area contributed by atoms with Crippen molar-refractivity contribution in [1.82, 2.24) is 0 Å². The highest BCUT2D eigenvalue weighted by atomic mass is 14.6. The van der Waals surface area contributed by atoms with E-state index in [9.17, 15) is 5.26 Å². The smallest absolute Gasteiger partial charge is 0.0703 e. The Balaban J connectivity index is 1.90. The second-order valence-electron chi connectivity index (χ2n) is 6.41. The molecule has 0 aliphatic heterocycles. The topological polar surface area (TPSA) is 23.8 Å². The summed E-state index contributed by atoms with van der Waals surface area (Å²) in [6.07, 6.45) is 12.6. The molecule has 4 saturated carbocycles. The SMILES string of the molecule is C/C=C/C(C#N)C12CC3CC(CC(C3)C1)C2. The summed E-state index contributed by atoms with van der Waals surface area (Å²) < 4.78 is 0. The van der Waals surface area contributed by atoms with Gasteiger partial charge in [0.2, 0.25) is 0 Å². The Bertz CT molecular complexity index is 312. The van der Waals surface area contributed by atoms with Crippen molar-refractivity contribution < 1.29 is 0 Å². The number of rotatable bonds is 2. The van der Waals surface area contributed by atoms with E-state index >= 15 is 0 Å². The summed E-state index contributed by atoms with van der Waals surface area (Å²) in [6, 6.07) is 2.57. The highest BCUT2D eigenvalue weighted by Gasteiger charge is 2.53. The number of allylic oxidation sites excluding steroid dienone is 2. The fraction of sp³-hybridized carbons (Fsp3) is 0.800. The highest BCUT2D eigenvalue weighted by molar-refractivity contribution is 5.14. The molecule has 4 fully saturated rings. The van der Waals surface area contributed by atoms with Gasteiger partial charge in [-0.3, -0.25) is 0 Å². The zero-order valence-electron chi connectivity index (χ0n) is 10.2. The lowest BCUT2D eigenvalue weighted by atomic mass is 9.46. The van der Waals surface area contributed by atoms with E-state index in [1.807, 2.05) is 6.92 Å². The minimum Gasteiger partial charge on any atom is -0.198 e. The first-order valence-electron chi connectivity index (χ1n) is 6.78. The van der Waals surface area contributed by atoms with Crippen molar-refractivity contribution in [2.45, 2.75) is 45.4 Å². The van der Waals surface area contributed by atoms with Crippen LogP contribution in [-0.2, 0) is 0 Å². The van der Waals surface area contributed by atoms with E-state index in [-0.39, 0.29) is 5.92 Å². The summed E-state index contributed by atoms with van der Waals surface area (Å²) >= 11 is 0. The molecule has 0 spiro atoms. The van der Waals surface area contributed by atoms with Gasteiger partial charge in [-0.05, 0) is 68.6 Å². The average Bonchev–Trinajstić information content (AvgIpc) is 2.23. The van der Waals surface area contributed by atoms with Gasteiger partial charge in [-0.1, -0.05) is 12.2 Å². The minimum atomic E-state index is 0.186. The van der Waals surface area contributed by atoms with Gasteiger partial charge in [0.1, 0.15) is 0 Å². The van der Waals surface area contributed by atoms with E-state index in [1.165, 1.54) is 38.5 Å². The number of nitrogens with zero attached hydrogens (tertiary/aromatic N) is 1. The molecule has 1 unspecified atom stereocenters. The first-order chi connectivity index (χ1) is 7.75. The molecule has 1 atom stereocenters. The van der Waals surface area contributed by atoms with Crippen molar-refractivity contribution in [3.8, 4) is 6.07 Å². The van der Waals surface area contributed by atoms with E-state index in [2.05, 4.69) is 18.2 Å². The zero-order chi connectivity index (χ0) is 11.2. The molecule has 0 amide bonds. The summed E-state index contributed by atoms with van der Waals surface area (Å²) in [5.74, 6) is 3.04. The Hall–Kier alpha value is -0.770. The van der Waals surface area contributed by atoms with Gasteiger partial charge in [-0.15, -0.1) is 0 Å². The van der Waals surface area contributed by atoms with E-state index in [0.29, 0.717) is 5.41 Å². The third-order valence-electron chi connectivity index (χ3n) is 5.27. The predicted octanol–water partition coefficient (Wildman–Crippen LogP) is 3.92. The fourth-order valence-corrected chi connectivity index (χ4v) is 5.14. The van der Waals surface area contributed by atoms with E-state index in [4.69, 9.17) is 0 Å². The molecule has 16 heavy (non-hydrogen) atoms. The Morgan fingerprint density at radius 3 is 2.00 bits per heavy atom. The molecular formula is C15H21N. The molecule has 0 N–H and O–H groups in total. The lowest BCUT2D eigenvalue weighted by molar-refractivity contribution is -0.0656. The summed E-state index contributed by atoms with van der Waals surface area (Å²) in [7, 11) is 0. The van der Waals surface area contributed by atoms with Crippen LogP contribution in [0.5, 0.6) is 0 Å². The van der Waals surface area contributed by atoms with Gasteiger partial charge in [-0.2, -0.15) is 5.26 Å². The second-order valence-corrected chi connectivity index (χ2v) is 6.41. The van der Waals surface area contributed by atoms with Gasteiger partial charge in [-0.25, -0.2) is 0 Å². The van der Waals surface area contributed by atoms with Gasteiger partial charge in [0, 0.05) is 0 Å². The Kier molecular flexibility index (Phi) is 2.35. The fourth-order valence-electron chi connectivity index (χ4n) is 5.14. The third kappa shape index (κ3) is 1.43. The molecule has 0 radical (unpaired) electrons. The monoisotopic (exact) mass is 215 g/mol. The van der Waals surface area contributed by atoms with Gasteiger partial charge in [0.05, 0.1) is 12.0 Å². The van der Waals surface area contributed by atoms with Crippen molar-refractivity contribution in [3.05, 3.63) is 12.2 Å². The van der Waals surface area contributed by atoms with Crippen molar-refractivity contribution in [2.75, 3.05) is 0 Å².